The molecule has 1 aromatic heterocycles. The average Bonchev–Trinajstić information content (AvgIpc) is 3.56. The summed E-state index contributed by atoms with van der Waals surface area (Å²) in [6.45, 7) is 6.62. The van der Waals surface area contributed by atoms with Crippen LogP contribution in [0.5, 0.6) is 5.75 Å². The molecule has 0 aliphatic carbocycles. The summed E-state index contributed by atoms with van der Waals surface area (Å²) < 4.78 is 18.7. The van der Waals surface area contributed by atoms with Crippen LogP contribution in [0, 0.1) is 11.8 Å². The molecule has 59 heavy (non-hydrogen) atoms. The van der Waals surface area contributed by atoms with Gasteiger partial charge in [-0.05, 0) is 93.9 Å². The quantitative estimate of drug-likeness (QED) is 0.0458. The lowest BCUT2D eigenvalue weighted by molar-refractivity contribution is -0.136. The van der Waals surface area contributed by atoms with Crippen molar-refractivity contribution < 1.29 is 23.7 Å². The van der Waals surface area contributed by atoms with Crippen LogP contribution in [0.4, 0.5) is 28.8 Å². The number of imide groups is 1. The van der Waals surface area contributed by atoms with Crippen molar-refractivity contribution in [3.63, 3.8) is 0 Å². The van der Waals surface area contributed by atoms with Crippen LogP contribution in [0.15, 0.2) is 66.9 Å². The van der Waals surface area contributed by atoms with Crippen LogP contribution >= 0.6 is 18.7 Å². The Hall–Kier alpha value is -5.41. The fraction of sp³-hybridized carbons (Fsp3) is 0.386. The van der Waals surface area contributed by atoms with E-state index in [0.29, 0.717) is 58.1 Å². The molecule has 4 heterocycles. The Morgan fingerprint density at radius 1 is 0.966 bits per heavy atom. The van der Waals surface area contributed by atoms with Crippen molar-refractivity contribution in [1.82, 2.24) is 25.5 Å². The molecule has 0 saturated carbocycles. The van der Waals surface area contributed by atoms with Gasteiger partial charge in [0.25, 0.3) is 5.91 Å². The molecule has 3 aromatic carbocycles. The summed E-state index contributed by atoms with van der Waals surface area (Å²) in [5.74, 6) is 7.09. The number of halogens is 1. The third-order valence-electron chi connectivity index (χ3n) is 11.0. The molecule has 0 bridgehead atoms. The molecule has 3 aliphatic rings. The van der Waals surface area contributed by atoms with Gasteiger partial charge in [-0.1, -0.05) is 48.1 Å². The summed E-state index contributed by atoms with van der Waals surface area (Å²) in [5, 5.41) is 13.7. The van der Waals surface area contributed by atoms with Gasteiger partial charge in [0.15, 0.2) is 5.82 Å². The number of aromatic nitrogens is 2. The van der Waals surface area contributed by atoms with Gasteiger partial charge in [-0.2, -0.15) is 4.98 Å². The Balaban J connectivity index is 0.836. The standard InChI is InChI=1S/C44H50ClN8O5P/c1-58-38-26-31(17-18-35(38)49-44-47-27-34(45)41(51-44)48-36-15-8-9-16-39(36)59(2,3)57)52-24-21-30(22-25-52)46-23-10-6-4-5-7-12-29-13-11-14-32-33(29)28-53(43(32)56)37-19-20-40(54)50-42(37)55/h8-9,11,13-18,26-27,30,37,46H,4-6,10,19-25,28H2,1-3H3,(H,50,54,55)(H2,47,48,49,51). The predicted octanol–water partition coefficient (Wildman–Crippen LogP) is 6.81. The molecule has 7 rings (SSSR count). The average molecular weight is 837 g/mol. The van der Waals surface area contributed by atoms with E-state index in [9.17, 15) is 18.9 Å². The van der Waals surface area contributed by atoms with E-state index < -0.39 is 19.1 Å². The van der Waals surface area contributed by atoms with E-state index in [4.69, 9.17) is 16.3 Å². The van der Waals surface area contributed by atoms with Gasteiger partial charge in [0, 0.05) is 66.7 Å². The van der Waals surface area contributed by atoms with Crippen molar-refractivity contribution in [2.45, 2.75) is 70.0 Å². The summed E-state index contributed by atoms with van der Waals surface area (Å²) in [6.07, 6.45) is 8.10. The highest BCUT2D eigenvalue weighted by atomic mass is 35.5. The Morgan fingerprint density at radius 2 is 1.78 bits per heavy atom. The SMILES string of the molecule is COc1cc(N2CCC(NCCCCCC#Cc3cccc4c3CN(C3CCC(=O)NC3=O)C4=O)CC2)ccc1Nc1ncc(Cl)c(Nc2ccccc2P(C)(C)=O)n1. The van der Waals surface area contributed by atoms with Gasteiger partial charge < -0.3 is 35.1 Å². The zero-order valence-electron chi connectivity index (χ0n) is 33.6. The first-order valence-corrected chi connectivity index (χ1v) is 23.1. The number of methoxy groups -OCH3 is 1. The van der Waals surface area contributed by atoms with Crippen molar-refractivity contribution in [2.75, 3.05) is 55.6 Å². The van der Waals surface area contributed by atoms with E-state index in [0.717, 1.165) is 80.7 Å². The molecule has 0 spiro atoms. The first kappa shape index (κ1) is 41.7. The molecule has 4 aromatic rings. The van der Waals surface area contributed by atoms with E-state index >= 15 is 0 Å². The van der Waals surface area contributed by atoms with Crippen LogP contribution in [-0.4, -0.2) is 84.7 Å². The van der Waals surface area contributed by atoms with Crippen LogP contribution in [0.25, 0.3) is 0 Å². The molecule has 3 amide bonds. The third kappa shape index (κ3) is 10.1. The number of nitrogens with zero attached hydrogens (tertiary/aromatic N) is 4. The summed E-state index contributed by atoms with van der Waals surface area (Å²) in [4.78, 5) is 50.0. The summed E-state index contributed by atoms with van der Waals surface area (Å²) >= 11 is 6.46. The number of carbonyl (C=O) groups excluding carboxylic acids is 3. The molecule has 3 aliphatic heterocycles. The second kappa shape index (κ2) is 18.7. The van der Waals surface area contributed by atoms with Gasteiger partial charge in [-0.3, -0.25) is 19.7 Å². The molecule has 1 unspecified atom stereocenters. The van der Waals surface area contributed by atoms with Gasteiger partial charge in [0.05, 0.1) is 24.7 Å². The lowest BCUT2D eigenvalue weighted by Crippen LogP contribution is -2.52. The topological polar surface area (TPSA) is 158 Å². The van der Waals surface area contributed by atoms with Crippen LogP contribution in [-0.2, 0) is 20.7 Å². The van der Waals surface area contributed by atoms with Gasteiger partial charge in [0.2, 0.25) is 17.8 Å². The first-order valence-electron chi connectivity index (χ1n) is 20.1. The molecule has 15 heteroatoms. The van der Waals surface area contributed by atoms with Crippen LogP contribution < -0.4 is 36.2 Å². The number of unbranched alkanes of at least 4 members (excludes halogenated alkanes) is 3. The predicted molar refractivity (Wildman–Crippen MR) is 233 cm³/mol. The maximum atomic E-state index is 13.1. The minimum absolute atomic E-state index is 0.180. The highest BCUT2D eigenvalue weighted by Gasteiger charge is 2.39. The number of para-hydroxylation sites is 1. The number of rotatable bonds is 14. The third-order valence-corrected chi connectivity index (χ3v) is 12.8. The summed E-state index contributed by atoms with van der Waals surface area (Å²) in [5.41, 5.74) is 4.76. The van der Waals surface area contributed by atoms with E-state index in [1.165, 1.54) is 6.20 Å². The molecule has 308 valence electrons. The van der Waals surface area contributed by atoms with E-state index in [-0.39, 0.29) is 18.2 Å². The minimum Gasteiger partial charge on any atom is -0.494 e. The number of carbonyl (C=O) groups is 3. The molecule has 4 N–H and O–H groups in total. The molecule has 1 atom stereocenters. The Kier molecular flexibility index (Phi) is 13.2. The number of nitrogens with one attached hydrogen (secondary N) is 4. The Morgan fingerprint density at radius 3 is 2.56 bits per heavy atom. The first-order chi connectivity index (χ1) is 28.5. The molecular formula is C44H50ClN8O5P. The van der Waals surface area contributed by atoms with E-state index in [1.807, 2.05) is 48.5 Å². The Labute approximate surface area is 350 Å². The highest BCUT2D eigenvalue weighted by Crippen LogP contribution is 2.39. The molecule has 2 fully saturated rings. The number of anilines is 5. The Bertz CT molecular complexity index is 2330. The zero-order valence-corrected chi connectivity index (χ0v) is 35.3. The molecule has 2 saturated heterocycles. The molecule has 0 radical (unpaired) electrons. The summed E-state index contributed by atoms with van der Waals surface area (Å²) in [7, 11) is -0.900. The fourth-order valence-corrected chi connectivity index (χ4v) is 9.11. The van der Waals surface area contributed by atoms with Gasteiger partial charge >= 0.3 is 0 Å². The van der Waals surface area contributed by atoms with Crippen molar-refractivity contribution in [3.8, 4) is 17.6 Å². The van der Waals surface area contributed by atoms with Gasteiger partial charge in [-0.15, -0.1) is 0 Å². The largest absolute Gasteiger partial charge is 0.494 e. The lowest BCUT2D eigenvalue weighted by atomic mass is 10.0. The van der Waals surface area contributed by atoms with E-state index in [2.05, 4.69) is 54.0 Å². The number of piperidine rings is 2. The number of benzene rings is 3. The minimum atomic E-state index is -2.54. The van der Waals surface area contributed by atoms with Crippen LogP contribution in [0.1, 0.15) is 72.9 Å². The molecule has 13 nitrogen and oxygen atoms in total. The van der Waals surface area contributed by atoms with Crippen LogP contribution in [0.2, 0.25) is 5.02 Å². The van der Waals surface area contributed by atoms with Crippen molar-refractivity contribution in [3.05, 3.63) is 88.6 Å². The number of ether oxygens (including phenoxy) is 1. The smallest absolute Gasteiger partial charge is 0.255 e. The van der Waals surface area contributed by atoms with Crippen molar-refractivity contribution in [1.29, 1.82) is 0 Å². The summed E-state index contributed by atoms with van der Waals surface area (Å²) in [6, 6.07) is 18.9. The van der Waals surface area contributed by atoms with E-state index in [1.54, 1.807) is 31.4 Å². The normalized spacial score (nSPS) is 16.9. The highest BCUT2D eigenvalue weighted by molar-refractivity contribution is 7.70. The van der Waals surface area contributed by atoms with Gasteiger partial charge in [0.1, 0.15) is 24.0 Å². The number of amides is 3. The second-order valence-electron chi connectivity index (χ2n) is 15.5. The fourth-order valence-electron chi connectivity index (χ4n) is 7.82. The maximum Gasteiger partial charge on any atom is 0.255 e. The monoisotopic (exact) mass is 836 g/mol. The second-order valence-corrected chi connectivity index (χ2v) is 19.0. The van der Waals surface area contributed by atoms with Crippen molar-refractivity contribution >= 4 is 70.6 Å². The number of hydrogen-bond acceptors (Lipinski definition) is 11. The van der Waals surface area contributed by atoms with Crippen molar-refractivity contribution in [2.24, 2.45) is 0 Å². The van der Waals surface area contributed by atoms with Crippen LogP contribution in [0.3, 0.4) is 0 Å². The molecular weight excluding hydrogens is 787 g/mol. The lowest BCUT2D eigenvalue weighted by Gasteiger charge is -2.34. The number of hydrogen-bond donors (Lipinski definition) is 4. The maximum absolute atomic E-state index is 13.1. The zero-order chi connectivity index (χ0) is 41.5. The number of fused-ring (bicyclic) bond motifs is 1. The van der Waals surface area contributed by atoms with Gasteiger partial charge in [-0.25, -0.2) is 4.98 Å².